The van der Waals surface area contributed by atoms with E-state index in [1.165, 1.54) is 26.0 Å². The van der Waals surface area contributed by atoms with Gasteiger partial charge in [-0.25, -0.2) is 4.79 Å². The molecule has 23 heavy (non-hydrogen) atoms. The number of amides is 2. The van der Waals surface area contributed by atoms with E-state index >= 15 is 0 Å². The van der Waals surface area contributed by atoms with Crippen LogP contribution in [0.5, 0.6) is 0 Å². The number of methoxy groups -OCH3 is 2. The van der Waals surface area contributed by atoms with Gasteiger partial charge in [-0.15, -0.1) is 0 Å². The topological polar surface area (TPSA) is 122 Å². The molecule has 2 amide bonds. The Morgan fingerprint density at radius 3 is 2.43 bits per heavy atom. The first-order chi connectivity index (χ1) is 10.8. The SMILES string of the molecule is COC(=O)CC[C@@H](NC(=O)[C@@H]1C[C@@H](O)CN1C(C)=O)C(=O)OC. The summed E-state index contributed by atoms with van der Waals surface area (Å²) in [5.74, 6) is -2.13. The van der Waals surface area contributed by atoms with Crippen LogP contribution in [0.1, 0.15) is 26.2 Å². The number of rotatable bonds is 6. The van der Waals surface area contributed by atoms with Crippen molar-refractivity contribution in [1.29, 1.82) is 0 Å². The average Bonchev–Trinajstić information content (AvgIpc) is 2.92. The quantitative estimate of drug-likeness (QED) is 0.573. The zero-order valence-corrected chi connectivity index (χ0v) is 13.4. The third-order valence-corrected chi connectivity index (χ3v) is 3.65. The molecule has 9 heteroatoms. The summed E-state index contributed by atoms with van der Waals surface area (Å²) < 4.78 is 9.09. The van der Waals surface area contributed by atoms with Gasteiger partial charge in [-0.3, -0.25) is 14.4 Å². The van der Waals surface area contributed by atoms with Crippen LogP contribution in [-0.2, 0) is 28.7 Å². The largest absolute Gasteiger partial charge is 0.469 e. The number of esters is 2. The molecule has 1 fully saturated rings. The summed E-state index contributed by atoms with van der Waals surface area (Å²) in [4.78, 5) is 48.0. The molecule has 0 unspecified atom stereocenters. The van der Waals surface area contributed by atoms with Crippen LogP contribution in [0.15, 0.2) is 0 Å². The van der Waals surface area contributed by atoms with E-state index in [1.54, 1.807) is 0 Å². The lowest BCUT2D eigenvalue weighted by Gasteiger charge is -2.24. The van der Waals surface area contributed by atoms with Crippen molar-refractivity contribution in [1.82, 2.24) is 10.2 Å². The minimum absolute atomic E-state index is 0.0143. The monoisotopic (exact) mass is 330 g/mol. The summed E-state index contributed by atoms with van der Waals surface area (Å²) in [7, 11) is 2.39. The maximum absolute atomic E-state index is 12.3. The van der Waals surface area contributed by atoms with Crippen LogP contribution in [0, 0.1) is 0 Å². The first-order valence-electron chi connectivity index (χ1n) is 7.20. The Morgan fingerprint density at radius 1 is 1.26 bits per heavy atom. The second-order valence-corrected chi connectivity index (χ2v) is 5.28. The molecule has 0 saturated carbocycles. The Labute approximate surface area is 133 Å². The predicted molar refractivity (Wildman–Crippen MR) is 77.0 cm³/mol. The van der Waals surface area contributed by atoms with Gasteiger partial charge in [0.25, 0.3) is 0 Å². The molecule has 0 radical (unpaired) electrons. The van der Waals surface area contributed by atoms with Gasteiger partial charge in [0, 0.05) is 26.3 Å². The van der Waals surface area contributed by atoms with Gasteiger partial charge in [-0.05, 0) is 6.42 Å². The fourth-order valence-corrected chi connectivity index (χ4v) is 2.43. The van der Waals surface area contributed by atoms with Crippen LogP contribution in [0.25, 0.3) is 0 Å². The normalized spacial score (nSPS) is 21.5. The second-order valence-electron chi connectivity index (χ2n) is 5.28. The minimum atomic E-state index is -1.03. The Balaban J connectivity index is 2.73. The van der Waals surface area contributed by atoms with Gasteiger partial charge < -0.3 is 24.8 Å². The van der Waals surface area contributed by atoms with Gasteiger partial charge in [0.15, 0.2) is 0 Å². The van der Waals surface area contributed by atoms with Crippen LogP contribution < -0.4 is 5.32 Å². The van der Waals surface area contributed by atoms with E-state index in [4.69, 9.17) is 0 Å². The number of carbonyl (C=O) groups excluding carboxylic acids is 4. The molecule has 0 aromatic heterocycles. The lowest BCUT2D eigenvalue weighted by atomic mass is 10.1. The molecule has 0 spiro atoms. The van der Waals surface area contributed by atoms with Crippen LogP contribution in [0.4, 0.5) is 0 Å². The molecule has 0 aromatic carbocycles. The number of β-amino-alcohol motifs (C(OH)–C–C–N with tert-alkyl or cyclic N) is 1. The highest BCUT2D eigenvalue weighted by Gasteiger charge is 2.38. The van der Waals surface area contributed by atoms with Crippen molar-refractivity contribution in [3.05, 3.63) is 0 Å². The molecule has 0 bridgehead atoms. The molecular formula is C14H22N2O7. The minimum Gasteiger partial charge on any atom is -0.469 e. The first-order valence-corrected chi connectivity index (χ1v) is 7.20. The van der Waals surface area contributed by atoms with Crippen molar-refractivity contribution in [2.24, 2.45) is 0 Å². The zero-order chi connectivity index (χ0) is 17.6. The van der Waals surface area contributed by atoms with Crippen molar-refractivity contribution in [3.63, 3.8) is 0 Å². The molecule has 1 heterocycles. The molecule has 3 atom stereocenters. The Kier molecular flexibility index (Phi) is 6.95. The van der Waals surface area contributed by atoms with Crippen molar-refractivity contribution in [2.45, 2.75) is 44.4 Å². The molecule has 1 aliphatic rings. The van der Waals surface area contributed by atoms with E-state index in [1.807, 2.05) is 0 Å². The lowest BCUT2D eigenvalue weighted by molar-refractivity contribution is -0.147. The Bertz CT molecular complexity index is 480. The fourth-order valence-electron chi connectivity index (χ4n) is 2.43. The van der Waals surface area contributed by atoms with E-state index in [9.17, 15) is 24.3 Å². The van der Waals surface area contributed by atoms with Crippen molar-refractivity contribution < 1.29 is 33.8 Å². The van der Waals surface area contributed by atoms with Gasteiger partial charge in [0.05, 0.1) is 20.3 Å². The maximum Gasteiger partial charge on any atom is 0.328 e. The number of hydrogen-bond donors (Lipinski definition) is 2. The molecule has 1 aliphatic heterocycles. The number of nitrogens with one attached hydrogen (secondary N) is 1. The number of ether oxygens (including phenoxy) is 2. The molecule has 1 rings (SSSR count). The van der Waals surface area contributed by atoms with Crippen molar-refractivity contribution >= 4 is 23.8 Å². The fraction of sp³-hybridized carbons (Fsp3) is 0.714. The molecule has 2 N–H and O–H groups in total. The molecule has 9 nitrogen and oxygen atoms in total. The molecule has 0 aromatic rings. The van der Waals surface area contributed by atoms with Crippen molar-refractivity contribution in [3.8, 4) is 0 Å². The smallest absolute Gasteiger partial charge is 0.328 e. The van der Waals surface area contributed by atoms with E-state index in [-0.39, 0.29) is 31.7 Å². The summed E-state index contributed by atoms with van der Waals surface area (Å²) in [5.41, 5.74) is 0. The number of aliphatic hydroxyl groups is 1. The highest BCUT2D eigenvalue weighted by molar-refractivity contribution is 5.91. The van der Waals surface area contributed by atoms with E-state index < -0.39 is 36.0 Å². The lowest BCUT2D eigenvalue weighted by Crippen LogP contribution is -2.50. The summed E-state index contributed by atoms with van der Waals surface area (Å²) in [6.45, 7) is 1.37. The number of carbonyl (C=O) groups is 4. The number of aliphatic hydroxyl groups excluding tert-OH is 1. The Hall–Kier alpha value is -2.16. The van der Waals surface area contributed by atoms with Crippen LogP contribution in [0.2, 0.25) is 0 Å². The highest BCUT2D eigenvalue weighted by Crippen LogP contribution is 2.18. The molecular weight excluding hydrogens is 308 g/mol. The number of nitrogens with zero attached hydrogens (tertiary/aromatic N) is 1. The average molecular weight is 330 g/mol. The van der Waals surface area contributed by atoms with E-state index in [2.05, 4.69) is 14.8 Å². The number of hydrogen-bond acceptors (Lipinski definition) is 7. The molecule has 1 saturated heterocycles. The van der Waals surface area contributed by atoms with Gasteiger partial charge >= 0.3 is 11.9 Å². The standard InChI is InChI=1S/C14H22N2O7/c1-8(17)16-7-9(18)6-11(16)13(20)15-10(14(21)23-3)4-5-12(19)22-2/h9-11,18H,4-7H2,1-3H3,(H,15,20)/t9-,10-,11+/m1/s1. The third-order valence-electron chi connectivity index (χ3n) is 3.65. The summed E-state index contributed by atoms with van der Waals surface area (Å²) in [6.07, 6.45) is -0.752. The molecule has 130 valence electrons. The Morgan fingerprint density at radius 2 is 1.91 bits per heavy atom. The third kappa shape index (κ3) is 5.20. The predicted octanol–water partition coefficient (Wildman–Crippen LogP) is -1.42. The van der Waals surface area contributed by atoms with Crippen LogP contribution in [-0.4, -0.2) is 72.7 Å². The zero-order valence-electron chi connectivity index (χ0n) is 13.4. The number of likely N-dealkylation sites (tertiary alicyclic amines) is 1. The first kappa shape index (κ1) is 18.9. The van der Waals surface area contributed by atoms with E-state index in [0.717, 1.165) is 0 Å². The van der Waals surface area contributed by atoms with E-state index in [0.29, 0.717) is 0 Å². The van der Waals surface area contributed by atoms with Crippen LogP contribution >= 0.6 is 0 Å². The van der Waals surface area contributed by atoms with Crippen molar-refractivity contribution in [2.75, 3.05) is 20.8 Å². The van der Waals surface area contributed by atoms with Gasteiger partial charge in [-0.2, -0.15) is 0 Å². The van der Waals surface area contributed by atoms with Gasteiger partial charge in [0.1, 0.15) is 12.1 Å². The molecule has 0 aliphatic carbocycles. The summed E-state index contributed by atoms with van der Waals surface area (Å²) in [6, 6.07) is -1.88. The summed E-state index contributed by atoms with van der Waals surface area (Å²) >= 11 is 0. The van der Waals surface area contributed by atoms with Gasteiger partial charge in [-0.1, -0.05) is 0 Å². The maximum atomic E-state index is 12.3. The summed E-state index contributed by atoms with van der Waals surface area (Å²) in [5, 5.41) is 12.1. The highest BCUT2D eigenvalue weighted by atomic mass is 16.5. The van der Waals surface area contributed by atoms with Crippen LogP contribution in [0.3, 0.4) is 0 Å². The second kappa shape index (κ2) is 8.47. The van der Waals surface area contributed by atoms with Gasteiger partial charge in [0.2, 0.25) is 11.8 Å².